The number of furan rings is 1. The molecule has 36 heavy (non-hydrogen) atoms. The molecule has 1 aliphatic carbocycles. The summed E-state index contributed by atoms with van der Waals surface area (Å²) < 4.78 is 6.05. The minimum Gasteiger partial charge on any atom is -0.456 e. The average molecular weight is 480 g/mol. The molecule has 4 aromatic rings. The van der Waals surface area contributed by atoms with Gasteiger partial charge < -0.3 is 9.73 Å². The zero-order chi connectivity index (χ0) is 25.7. The summed E-state index contributed by atoms with van der Waals surface area (Å²) in [5.74, 6) is 0.981. The molecule has 1 aliphatic rings. The highest BCUT2D eigenvalue weighted by Crippen LogP contribution is 2.46. The summed E-state index contributed by atoms with van der Waals surface area (Å²) in [6.45, 7) is 13.6. The summed E-state index contributed by atoms with van der Waals surface area (Å²) in [6, 6.07) is 22.8. The summed E-state index contributed by atoms with van der Waals surface area (Å²) in [5, 5.41) is 5.45. The molecule has 0 spiro atoms. The Bertz CT molecular complexity index is 1430. The predicted molar refractivity (Wildman–Crippen MR) is 148 cm³/mol. The lowest BCUT2D eigenvalue weighted by Crippen LogP contribution is -2.34. The van der Waals surface area contributed by atoms with Gasteiger partial charge in [0.15, 0.2) is 5.76 Å². The number of fused-ring (bicyclic) bond motifs is 2. The van der Waals surface area contributed by atoms with Crippen LogP contribution in [0.15, 0.2) is 71.1 Å². The van der Waals surface area contributed by atoms with Crippen LogP contribution in [0.2, 0.25) is 0 Å². The van der Waals surface area contributed by atoms with Crippen molar-refractivity contribution >= 4 is 16.7 Å². The van der Waals surface area contributed by atoms with Crippen molar-refractivity contribution in [2.75, 3.05) is 0 Å². The van der Waals surface area contributed by atoms with Crippen LogP contribution in [0.3, 0.4) is 0 Å². The second-order valence-corrected chi connectivity index (χ2v) is 11.8. The van der Waals surface area contributed by atoms with E-state index in [-0.39, 0.29) is 22.8 Å². The molecule has 5 rings (SSSR count). The van der Waals surface area contributed by atoms with Crippen molar-refractivity contribution in [3.05, 3.63) is 106 Å². The molecule has 0 radical (unpaired) electrons. The van der Waals surface area contributed by atoms with Crippen molar-refractivity contribution in [2.24, 2.45) is 0 Å². The zero-order valence-electron chi connectivity index (χ0n) is 22.4. The topological polar surface area (TPSA) is 42.2 Å². The monoisotopic (exact) mass is 479 g/mol. The van der Waals surface area contributed by atoms with Gasteiger partial charge in [0.05, 0.1) is 6.04 Å². The normalized spacial score (nSPS) is 16.9. The molecule has 1 unspecified atom stereocenters. The van der Waals surface area contributed by atoms with Gasteiger partial charge in [0, 0.05) is 6.42 Å². The Balaban J connectivity index is 1.35. The quantitative estimate of drug-likeness (QED) is 0.314. The molecule has 1 N–H and O–H groups in total. The van der Waals surface area contributed by atoms with E-state index in [1.54, 1.807) is 6.07 Å². The standard InChI is InChI=1S/C33H37NO2/c1-21-18-28-29(33(5,6)17-16-32(28,3)4)20-24(21)19-25-14-15-30(36-25)31(35)34-22(2)26-13-9-11-23-10-7-8-12-27(23)26/h7-15,18,20,22H,16-17,19H2,1-6H3,(H,34,35). The molecule has 0 bridgehead atoms. The summed E-state index contributed by atoms with van der Waals surface area (Å²) >= 11 is 0. The van der Waals surface area contributed by atoms with E-state index in [9.17, 15) is 4.79 Å². The van der Waals surface area contributed by atoms with Crippen molar-refractivity contribution in [2.45, 2.75) is 77.7 Å². The van der Waals surface area contributed by atoms with Crippen molar-refractivity contribution in [1.82, 2.24) is 5.32 Å². The van der Waals surface area contributed by atoms with Crippen molar-refractivity contribution in [3.63, 3.8) is 0 Å². The third-order valence-electron chi connectivity index (χ3n) is 8.20. The fourth-order valence-electron chi connectivity index (χ4n) is 5.71. The molecule has 0 aliphatic heterocycles. The van der Waals surface area contributed by atoms with E-state index in [0.717, 1.165) is 16.7 Å². The number of hydrogen-bond donors (Lipinski definition) is 1. The SMILES string of the molecule is Cc1cc2c(cc1Cc1ccc(C(=O)NC(C)c3cccc4ccccc34)o1)C(C)(C)CCC2(C)C. The van der Waals surface area contributed by atoms with Crippen LogP contribution in [0.1, 0.15) is 97.6 Å². The Morgan fingerprint density at radius 3 is 2.33 bits per heavy atom. The number of benzene rings is 3. The first-order valence-electron chi connectivity index (χ1n) is 13.1. The van der Waals surface area contributed by atoms with E-state index in [4.69, 9.17) is 4.42 Å². The van der Waals surface area contributed by atoms with Gasteiger partial charge in [0.1, 0.15) is 5.76 Å². The van der Waals surface area contributed by atoms with Crippen LogP contribution in [0, 0.1) is 6.92 Å². The van der Waals surface area contributed by atoms with Gasteiger partial charge in [-0.1, -0.05) is 82.3 Å². The minimum atomic E-state index is -0.188. The number of aryl methyl sites for hydroxylation is 1. The lowest BCUT2D eigenvalue weighted by Gasteiger charge is -2.42. The van der Waals surface area contributed by atoms with Crippen LogP contribution in [0.4, 0.5) is 0 Å². The maximum absolute atomic E-state index is 13.0. The maximum Gasteiger partial charge on any atom is 0.287 e. The fourth-order valence-corrected chi connectivity index (χ4v) is 5.71. The fraction of sp³-hybridized carbons (Fsp3) is 0.364. The first-order valence-corrected chi connectivity index (χ1v) is 13.1. The first kappa shape index (κ1) is 24.4. The summed E-state index contributed by atoms with van der Waals surface area (Å²) in [6.07, 6.45) is 3.08. The molecule has 0 saturated carbocycles. The van der Waals surface area contributed by atoms with Gasteiger partial charge in [-0.05, 0) is 88.2 Å². The van der Waals surface area contributed by atoms with Gasteiger partial charge in [-0.15, -0.1) is 0 Å². The molecule has 0 saturated heterocycles. The summed E-state index contributed by atoms with van der Waals surface area (Å²) in [7, 11) is 0. The molecule has 3 heteroatoms. The second-order valence-electron chi connectivity index (χ2n) is 11.8. The highest BCUT2D eigenvalue weighted by molar-refractivity contribution is 5.92. The number of carbonyl (C=O) groups excluding carboxylic acids is 1. The van der Waals surface area contributed by atoms with Crippen molar-refractivity contribution in [3.8, 4) is 0 Å². The highest BCUT2D eigenvalue weighted by Gasteiger charge is 2.37. The molecule has 1 aromatic heterocycles. The largest absolute Gasteiger partial charge is 0.456 e. The molecule has 186 valence electrons. The van der Waals surface area contributed by atoms with Gasteiger partial charge in [0.2, 0.25) is 0 Å². The Hall–Kier alpha value is -3.33. The van der Waals surface area contributed by atoms with Gasteiger partial charge >= 0.3 is 0 Å². The van der Waals surface area contributed by atoms with Crippen molar-refractivity contribution < 1.29 is 9.21 Å². The predicted octanol–water partition coefficient (Wildman–Crippen LogP) is 8.17. The van der Waals surface area contributed by atoms with E-state index in [2.05, 4.69) is 76.3 Å². The number of rotatable bonds is 5. The number of nitrogens with one attached hydrogen (secondary N) is 1. The van der Waals surface area contributed by atoms with Gasteiger partial charge in [-0.3, -0.25) is 4.79 Å². The summed E-state index contributed by atoms with van der Waals surface area (Å²) in [5.41, 5.74) is 6.94. The van der Waals surface area contributed by atoms with E-state index in [0.29, 0.717) is 12.2 Å². The Morgan fingerprint density at radius 2 is 1.58 bits per heavy atom. The van der Waals surface area contributed by atoms with Crippen LogP contribution in [-0.2, 0) is 17.3 Å². The van der Waals surface area contributed by atoms with E-state index >= 15 is 0 Å². The third kappa shape index (κ3) is 4.48. The van der Waals surface area contributed by atoms with E-state index < -0.39 is 0 Å². The number of carbonyl (C=O) groups is 1. The first-order chi connectivity index (χ1) is 17.0. The zero-order valence-corrected chi connectivity index (χ0v) is 22.4. The van der Waals surface area contributed by atoms with Crippen LogP contribution in [0.5, 0.6) is 0 Å². The van der Waals surface area contributed by atoms with Gasteiger partial charge in [-0.2, -0.15) is 0 Å². The molecule has 3 aromatic carbocycles. The molecule has 1 amide bonds. The van der Waals surface area contributed by atoms with Crippen LogP contribution >= 0.6 is 0 Å². The Morgan fingerprint density at radius 1 is 0.917 bits per heavy atom. The van der Waals surface area contributed by atoms with E-state index in [1.165, 1.54) is 40.5 Å². The summed E-state index contributed by atoms with van der Waals surface area (Å²) in [4.78, 5) is 13.0. The van der Waals surface area contributed by atoms with Gasteiger partial charge in [0.25, 0.3) is 5.91 Å². The lowest BCUT2D eigenvalue weighted by molar-refractivity contribution is 0.0910. The van der Waals surface area contributed by atoms with Crippen LogP contribution < -0.4 is 5.32 Å². The molecule has 0 fully saturated rings. The number of amides is 1. The van der Waals surface area contributed by atoms with Gasteiger partial charge in [-0.25, -0.2) is 0 Å². The lowest BCUT2D eigenvalue weighted by atomic mass is 9.62. The van der Waals surface area contributed by atoms with E-state index in [1.807, 2.05) is 31.2 Å². The molecule has 1 heterocycles. The minimum absolute atomic E-state index is 0.134. The molecular formula is C33H37NO2. The smallest absolute Gasteiger partial charge is 0.287 e. The van der Waals surface area contributed by atoms with Crippen molar-refractivity contribution in [1.29, 1.82) is 0 Å². The number of hydrogen-bond acceptors (Lipinski definition) is 2. The molecule has 3 nitrogen and oxygen atoms in total. The highest BCUT2D eigenvalue weighted by atomic mass is 16.3. The van der Waals surface area contributed by atoms with Crippen LogP contribution in [0.25, 0.3) is 10.8 Å². The third-order valence-corrected chi connectivity index (χ3v) is 8.20. The maximum atomic E-state index is 13.0. The van der Waals surface area contributed by atoms with Crippen LogP contribution in [-0.4, -0.2) is 5.91 Å². The molecule has 1 atom stereocenters. The Labute approximate surface area is 214 Å². The second kappa shape index (κ2) is 8.96. The average Bonchev–Trinajstić information content (AvgIpc) is 3.31. The Kier molecular flexibility index (Phi) is 6.06. The molecular weight excluding hydrogens is 442 g/mol.